The van der Waals surface area contributed by atoms with Crippen LogP contribution in [-0.4, -0.2) is 16.7 Å². The molecule has 1 N–H and O–H groups in total. The third-order valence-electron chi connectivity index (χ3n) is 2.13. The van der Waals surface area contributed by atoms with Gasteiger partial charge in [-0.25, -0.2) is 0 Å². The van der Waals surface area contributed by atoms with Crippen LogP contribution in [0.2, 0.25) is 0 Å². The van der Waals surface area contributed by atoms with E-state index in [1.54, 1.807) is 36.7 Å². The highest BCUT2D eigenvalue weighted by Gasteiger charge is 2.08. The van der Waals surface area contributed by atoms with Gasteiger partial charge in [0, 0.05) is 18.0 Å². The summed E-state index contributed by atoms with van der Waals surface area (Å²) in [5.41, 5.74) is 0.540. The monoisotopic (exact) mass is 246 g/mol. The number of carbonyl (C=O) groups excluding carboxylic acids is 2. The number of carbonyl (C=O) groups is 2. The van der Waals surface area contributed by atoms with E-state index < -0.39 is 0 Å². The number of anilines is 1. The summed E-state index contributed by atoms with van der Waals surface area (Å²) < 4.78 is 0. The van der Waals surface area contributed by atoms with Crippen LogP contribution < -0.4 is 5.32 Å². The molecular weight excluding hydrogens is 236 g/mol. The lowest BCUT2D eigenvalue weighted by molar-refractivity contribution is 0.101. The number of hydrogen-bond donors (Lipinski definition) is 1. The highest BCUT2D eigenvalue weighted by molar-refractivity contribution is 7.18. The summed E-state index contributed by atoms with van der Waals surface area (Å²) in [5, 5.41) is 3.40. The largest absolute Gasteiger partial charge is 0.314 e. The number of hydrogen-bond acceptors (Lipinski definition) is 4. The molecule has 1 amide bonds. The van der Waals surface area contributed by atoms with Gasteiger partial charge in [-0.1, -0.05) is 0 Å². The Labute approximate surface area is 102 Å². The topological polar surface area (TPSA) is 59.1 Å². The van der Waals surface area contributed by atoms with Gasteiger partial charge in [0.1, 0.15) is 0 Å². The van der Waals surface area contributed by atoms with Crippen molar-refractivity contribution in [3.05, 3.63) is 47.1 Å². The first kappa shape index (κ1) is 11.5. The molecule has 2 heterocycles. The normalized spacial score (nSPS) is 9.94. The van der Waals surface area contributed by atoms with Crippen molar-refractivity contribution in [2.75, 3.05) is 5.32 Å². The maximum Gasteiger partial charge on any atom is 0.256 e. The van der Waals surface area contributed by atoms with Gasteiger partial charge >= 0.3 is 0 Å². The molecular formula is C12H10N2O2S. The first-order valence-corrected chi connectivity index (χ1v) is 5.80. The number of amides is 1. The minimum atomic E-state index is -0.204. The van der Waals surface area contributed by atoms with E-state index in [0.29, 0.717) is 15.4 Å². The molecule has 0 aliphatic rings. The van der Waals surface area contributed by atoms with E-state index in [1.165, 1.54) is 18.3 Å². The zero-order chi connectivity index (χ0) is 12.3. The van der Waals surface area contributed by atoms with Gasteiger partial charge in [0.2, 0.25) is 0 Å². The average Bonchev–Trinajstić information content (AvgIpc) is 2.79. The number of nitrogens with zero attached hydrogens (tertiary/aromatic N) is 1. The lowest BCUT2D eigenvalue weighted by atomic mass is 10.2. The third-order valence-corrected chi connectivity index (χ3v) is 3.23. The smallest absolute Gasteiger partial charge is 0.256 e. The van der Waals surface area contributed by atoms with Crippen molar-refractivity contribution in [3.63, 3.8) is 0 Å². The maximum atomic E-state index is 11.8. The predicted molar refractivity (Wildman–Crippen MR) is 66.5 cm³/mol. The van der Waals surface area contributed by atoms with E-state index >= 15 is 0 Å². The Morgan fingerprint density at radius 3 is 2.47 bits per heavy atom. The molecule has 0 spiro atoms. The van der Waals surface area contributed by atoms with Gasteiger partial charge in [-0.15, -0.1) is 11.3 Å². The quantitative estimate of drug-likeness (QED) is 0.847. The van der Waals surface area contributed by atoms with Gasteiger partial charge < -0.3 is 5.32 Å². The Morgan fingerprint density at radius 2 is 1.88 bits per heavy atom. The van der Waals surface area contributed by atoms with E-state index in [0.717, 1.165) is 0 Å². The first-order chi connectivity index (χ1) is 8.16. The van der Waals surface area contributed by atoms with Gasteiger partial charge in [-0.3, -0.25) is 14.6 Å². The number of Topliss-reactive ketones (excluding diaryl/α,β-unsaturated/α-hetero) is 1. The van der Waals surface area contributed by atoms with Crippen molar-refractivity contribution in [3.8, 4) is 0 Å². The highest BCUT2D eigenvalue weighted by Crippen LogP contribution is 2.22. The summed E-state index contributed by atoms with van der Waals surface area (Å²) in [5.74, 6) is -0.205. The van der Waals surface area contributed by atoms with Crippen molar-refractivity contribution >= 4 is 28.0 Å². The second-order valence-corrected chi connectivity index (χ2v) is 4.49. The molecule has 0 saturated carbocycles. The Morgan fingerprint density at radius 1 is 1.18 bits per heavy atom. The summed E-state index contributed by atoms with van der Waals surface area (Å²) in [4.78, 5) is 27.4. The Hall–Kier alpha value is -2.01. The van der Waals surface area contributed by atoms with Crippen molar-refractivity contribution in [2.24, 2.45) is 0 Å². The van der Waals surface area contributed by atoms with E-state index in [9.17, 15) is 9.59 Å². The molecule has 0 aliphatic carbocycles. The molecule has 0 atom stereocenters. The maximum absolute atomic E-state index is 11.8. The Kier molecular flexibility index (Phi) is 3.30. The van der Waals surface area contributed by atoms with Crippen molar-refractivity contribution in [1.29, 1.82) is 0 Å². The Balaban J connectivity index is 2.11. The van der Waals surface area contributed by atoms with Gasteiger partial charge in [0.15, 0.2) is 5.78 Å². The minimum Gasteiger partial charge on any atom is -0.314 e. The Bertz CT molecular complexity index is 549. The lowest BCUT2D eigenvalue weighted by Crippen LogP contribution is -2.10. The molecule has 2 rings (SSSR count). The van der Waals surface area contributed by atoms with Crippen LogP contribution in [0.15, 0.2) is 36.7 Å². The van der Waals surface area contributed by atoms with E-state index in [1.807, 2.05) is 0 Å². The minimum absolute atomic E-state index is 0.000546. The molecule has 17 heavy (non-hydrogen) atoms. The molecule has 0 saturated heterocycles. The number of nitrogens with one attached hydrogen (secondary N) is 1. The SMILES string of the molecule is CC(=O)c1ccc(NC(=O)c2ccncc2)s1. The van der Waals surface area contributed by atoms with Gasteiger partial charge in [-0.05, 0) is 31.2 Å². The summed E-state index contributed by atoms with van der Waals surface area (Å²) in [6.45, 7) is 1.50. The van der Waals surface area contributed by atoms with E-state index in [-0.39, 0.29) is 11.7 Å². The molecule has 0 aliphatic heterocycles. The first-order valence-electron chi connectivity index (χ1n) is 4.99. The van der Waals surface area contributed by atoms with E-state index in [4.69, 9.17) is 0 Å². The van der Waals surface area contributed by atoms with Crippen molar-refractivity contribution in [2.45, 2.75) is 6.92 Å². The zero-order valence-electron chi connectivity index (χ0n) is 9.14. The predicted octanol–water partition coefficient (Wildman–Crippen LogP) is 2.60. The van der Waals surface area contributed by atoms with Crippen LogP contribution in [0.1, 0.15) is 27.0 Å². The van der Waals surface area contributed by atoms with Gasteiger partial charge in [-0.2, -0.15) is 0 Å². The molecule has 0 aromatic carbocycles. The van der Waals surface area contributed by atoms with E-state index in [2.05, 4.69) is 10.3 Å². The fourth-order valence-corrected chi connectivity index (χ4v) is 2.08. The van der Waals surface area contributed by atoms with Crippen molar-refractivity contribution in [1.82, 2.24) is 4.98 Å². The average molecular weight is 246 g/mol. The summed E-state index contributed by atoms with van der Waals surface area (Å²) in [6, 6.07) is 6.69. The lowest BCUT2D eigenvalue weighted by Gasteiger charge is -2.01. The second kappa shape index (κ2) is 4.88. The molecule has 86 valence electrons. The summed E-state index contributed by atoms with van der Waals surface area (Å²) >= 11 is 1.27. The second-order valence-electron chi connectivity index (χ2n) is 3.41. The van der Waals surface area contributed by atoms with Crippen LogP contribution in [0.25, 0.3) is 0 Å². The number of thiophene rings is 1. The molecule has 2 aromatic rings. The third kappa shape index (κ3) is 2.76. The zero-order valence-corrected chi connectivity index (χ0v) is 9.95. The van der Waals surface area contributed by atoms with Crippen LogP contribution >= 0.6 is 11.3 Å². The molecule has 0 unspecified atom stereocenters. The molecule has 0 radical (unpaired) electrons. The molecule has 0 bridgehead atoms. The van der Waals surface area contributed by atoms with Crippen LogP contribution in [0.4, 0.5) is 5.00 Å². The summed E-state index contributed by atoms with van der Waals surface area (Å²) in [6.07, 6.45) is 3.12. The number of ketones is 1. The summed E-state index contributed by atoms with van der Waals surface area (Å²) in [7, 11) is 0. The molecule has 0 fully saturated rings. The standard InChI is InChI=1S/C12H10N2O2S/c1-8(15)10-2-3-11(17-10)14-12(16)9-4-6-13-7-5-9/h2-7H,1H3,(H,14,16). The van der Waals surface area contributed by atoms with Gasteiger partial charge in [0.25, 0.3) is 5.91 Å². The fourth-order valence-electron chi connectivity index (χ4n) is 1.28. The highest BCUT2D eigenvalue weighted by atomic mass is 32.1. The van der Waals surface area contributed by atoms with Crippen LogP contribution in [0, 0.1) is 0 Å². The van der Waals surface area contributed by atoms with Crippen LogP contribution in [0.3, 0.4) is 0 Å². The number of aromatic nitrogens is 1. The molecule has 4 nitrogen and oxygen atoms in total. The molecule has 5 heteroatoms. The van der Waals surface area contributed by atoms with Gasteiger partial charge in [0.05, 0.1) is 9.88 Å². The number of pyridine rings is 1. The van der Waals surface area contributed by atoms with Crippen LogP contribution in [0.5, 0.6) is 0 Å². The van der Waals surface area contributed by atoms with Crippen molar-refractivity contribution < 1.29 is 9.59 Å². The fraction of sp³-hybridized carbons (Fsp3) is 0.0833. The molecule has 2 aromatic heterocycles. The number of rotatable bonds is 3. The van der Waals surface area contributed by atoms with Crippen LogP contribution in [-0.2, 0) is 0 Å².